The van der Waals surface area contributed by atoms with E-state index in [9.17, 15) is 9.59 Å². The fourth-order valence-electron chi connectivity index (χ4n) is 3.50. The summed E-state index contributed by atoms with van der Waals surface area (Å²) in [5.74, 6) is 0.422. The molecule has 0 saturated carbocycles. The van der Waals surface area contributed by atoms with Crippen LogP contribution in [0.5, 0.6) is 0 Å². The molecule has 0 bridgehead atoms. The fraction of sp³-hybridized carbons (Fsp3) is 0.231. The zero-order valence-electron chi connectivity index (χ0n) is 18.6. The normalized spacial score (nSPS) is 11.6. The van der Waals surface area contributed by atoms with Crippen LogP contribution in [-0.4, -0.2) is 35.6 Å². The van der Waals surface area contributed by atoms with Crippen molar-refractivity contribution < 1.29 is 9.59 Å². The fourth-order valence-corrected chi connectivity index (χ4v) is 5.02. The van der Waals surface area contributed by atoms with Crippen LogP contribution >= 0.6 is 46.6 Å². The van der Waals surface area contributed by atoms with Crippen LogP contribution in [0.3, 0.4) is 0 Å². The summed E-state index contributed by atoms with van der Waals surface area (Å²) >= 11 is 20.0. The zero-order valence-corrected chi connectivity index (χ0v) is 21.7. The van der Waals surface area contributed by atoms with Crippen molar-refractivity contribution in [1.82, 2.24) is 10.2 Å². The van der Waals surface area contributed by atoms with Gasteiger partial charge in [-0.05, 0) is 34.9 Å². The number of hydrogen-bond acceptors (Lipinski definition) is 3. The first-order valence-corrected chi connectivity index (χ1v) is 13.0. The Balaban J connectivity index is 1.84. The van der Waals surface area contributed by atoms with E-state index in [4.69, 9.17) is 34.8 Å². The van der Waals surface area contributed by atoms with Crippen LogP contribution in [-0.2, 0) is 28.3 Å². The van der Waals surface area contributed by atoms with Gasteiger partial charge in [0.1, 0.15) is 6.04 Å². The van der Waals surface area contributed by atoms with Crippen molar-refractivity contribution in [2.75, 3.05) is 12.8 Å². The van der Waals surface area contributed by atoms with Crippen LogP contribution in [0.2, 0.25) is 15.1 Å². The summed E-state index contributed by atoms with van der Waals surface area (Å²) in [4.78, 5) is 28.0. The van der Waals surface area contributed by atoms with Gasteiger partial charge < -0.3 is 10.2 Å². The molecule has 3 aromatic rings. The van der Waals surface area contributed by atoms with Crippen molar-refractivity contribution in [2.24, 2.45) is 0 Å². The lowest BCUT2D eigenvalue weighted by Gasteiger charge is -2.31. The minimum atomic E-state index is -0.685. The third-order valence-electron chi connectivity index (χ3n) is 5.30. The lowest BCUT2D eigenvalue weighted by Crippen LogP contribution is -2.50. The van der Waals surface area contributed by atoms with E-state index in [1.54, 1.807) is 24.1 Å². The van der Waals surface area contributed by atoms with Crippen molar-refractivity contribution in [3.63, 3.8) is 0 Å². The largest absolute Gasteiger partial charge is 0.357 e. The van der Waals surface area contributed by atoms with Gasteiger partial charge in [0.2, 0.25) is 11.8 Å². The van der Waals surface area contributed by atoms with Crippen LogP contribution < -0.4 is 5.32 Å². The summed E-state index contributed by atoms with van der Waals surface area (Å²) in [6.07, 6.45) is 0.392. The van der Waals surface area contributed by atoms with Gasteiger partial charge in [-0.3, -0.25) is 9.59 Å². The van der Waals surface area contributed by atoms with E-state index in [0.29, 0.717) is 27.2 Å². The average molecular weight is 536 g/mol. The van der Waals surface area contributed by atoms with E-state index in [1.165, 1.54) is 11.8 Å². The number of thioether (sulfide) groups is 1. The summed E-state index contributed by atoms with van der Waals surface area (Å²) in [5, 5.41) is 4.22. The van der Waals surface area contributed by atoms with E-state index in [2.05, 4.69) is 5.32 Å². The first-order chi connectivity index (χ1) is 16.4. The standard InChI is InChI=1S/C26H25Cl3N2O2S/c1-30-26(33)24(14-18-7-3-2-4-8-18)31(15-19-11-12-22(28)23(29)13-19)25(32)17-34-16-20-9-5-6-10-21(20)27/h2-13,24H,14-17H2,1H3,(H,30,33)/t24-/m1/s1. The molecule has 0 aliphatic heterocycles. The number of amides is 2. The number of carbonyl (C=O) groups excluding carboxylic acids is 2. The summed E-state index contributed by atoms with van der Waals surface area (Å²) in [7, 11) is 1.58. The van der Waals surface area contributed by atoms with Gasteiger partial charge in [0, 0.05) is 30.8 Å². The van der Waals surface area contributed by atoms with E-state index < -0.39 is 6.04 Å². The van der Waals surface area contributed by atoms with Gasteiger partial charge in [-0.1, -0.05) is 89.4 Å². The molecule has 0 heterocycles. The molecular formula is C26H25Cl3N2O2S. The molecule has 0 saturated heterocycles. The Labute approximate surface area is 219 Å². The number of nitrogens with zero attached hydrogens (tertiary/aromatic N) is 1. The molecule has 0 aromatic heterocycles. The molecule has 0 aliphatic carbocycles. The number of carbonyl (C=O) groups is 2. The highest BCUT2D eigenvalue weighted by Crippen LogP contribution is 2.25. The van der Waals surface area contributed by atoms with Crippen molar-refractivity contribution >= 4 is 58.4 Å². The molecule has 178 valence electrons. The molecule has 8 heteroatoms. The number of benzene rings is 3. The summed E-state index contributed by atoms with van der Waals surface area (Å²) in [5.41, 5.74) is 2.72. The Hall–Kier alpha value is -2.18. The van der Waals surface area contributed by atoms with Crippen molar-refractivity contribution in [1.29, 1.82) is 0 Å². The van der Waals surface area contributed by atoms with Crippen LogP contribution in [0, 0.1) is 0 Å². The van der Waals surface area contributed by atoms with E-state index >= 15 is 0 Å². The molecule has 0 aliphatic rings. The Morgan fingerprint density at radius 1 is 0.882 bits per heavy atom. The van der Waals surface area contributed by atoms with Crippen LogP contribution in [0.15, 0.2) is 72.8 Å². The molecule has 0 fully saturated rings. The minimum Gasteiger partial charge on any atom is -0.357 e. The number of nitrogens with one attached hydrogen (secondary N) is 1. The van der Waals surface area contributed by atoms with Crippen molar-refractivity contribution in [3.8, 4) is 0 Å². The van der Waals surface area contributed by atoms with E-state index in [-0.39, 0.29) is 24.1 Å². The second kappa shape index (κ2) is 13.1. The molecule has 0 spiro atoms. The number of halogens is 3. The number of rotatable bonds is 10. The van der Waals surface area contributed by atoms with E-state index in [0.717, 1.165) is 16.7 Å². The van der Waals surface area contributed by atoms with Crippen molar-refractivity contribution in [2.45, 2.75) is 24.8 Å². The third kappa shape index (κ3) is 7.41. The summed E-state index contributed by atoms with van der Waals surface area (Å²) in [6, 6.07) is 21.8. The first-order valence-electron chi connectivity index (χ1n) is 10.7. The van der Waals surface area contributed by atoms with Gasteiger partial charge in [0.25, 0.3) is 0 Å². The minimum absolute atomic E-state index is 0.146. The molecule has 3 aromatic carbocycles. The predicted octanol–water partition coefficient (Wildman–Crippen LogP) is 6.27. The third-order valence-corrected chi connectivity index (χ3v) is 7.37. The maximum atomic E-state index is 13.5. The summed E-state index contributed by atoms with van der Waals surface area (Å²) in [6.45, 7) is 0.229. The second-order valence-corrected chi connectivity index (χ2v) is 9.88. The molecule has 1 N–H and O–H groups in total. The second-order valence-electron chi connectivity index (χ2n) is 7.67. The van der Waals surface area contributed by atoms with E-state index in [1.807, 2.05) is 60.7 Å². The Morgan fingerprint density at radius 2 is 1.59 bits per heavy atom. The Bertz CT molecular complexity index is 1130. The van der Waals surface area contributed by atoms with Gasteiger partial charge >= 0.3 is 0 Å². The van der Waals surface area contributed by atoms with Gasteiger partial charge in [0.05, 0.1) is 15.8 Å². The predicted molar refractivity (Wildman–Crippen MR) is 143 cm³/mol. The summed E-state index contributed by atoms with van der Waals surface area (Å²) < 4.78 is 0. The molecule has 0 unspecified atom stereocenters. The molecule has 4 nitrogen and oxygen atoms in total. The molecule has 1 atom stereocenters. The quantitative estimate of drug-likeness (QED) is 0.333. The van der Waals surface area contributed by atoms with Crippen LogP contribution in [0.25, 0.3) is 0 Å². The Kier molecular flexibility index (Phi) is 10.1. The molecule has 0 radical (unpaired) electrons. The zero-order chi connectivity index (χ0) is 24.5. The van der Waals surface area contributed by atoms with Gasteiger partial charge in [-0.25, -0.2) is 0 Å². The SMILES string of the molecule is CNC(=O)[C@@H](Cc1ccccc1)N(Cc1ccc(Cl)c(Cl)c1)C(=O)CSCc1ccccc1Cl. The average Bonchev–Trinajstić information content (AvgIpc) is 2.84. The van der Waals surface area contributed by atoms with Gasteiger partial charge in [0.15, 0.2) is 0 Å². The lowest BCUT2D eigenvalue weighted by molar-refractivity contribution is -0.139. The highest BCUT2D eigenvalue weighted by molar-refractivity contribution is 7.99. The molecule has 34 heavy (non-hydrogen) atoms. The van der Waals surface area contributed by atoms with Gasteiger partial charge in [-0.2, -0.15) is 0 Å². The number of likely N-dealkylation sites (N-methyl/N-ethyl adjacent to an activating group) is 1. The lowest BCUT2D eigenvalue weighted by atomic mass is 10.0. The molecule has 3 rings (SSSR count). The van der Waals surface area contributed by atoms with Gasteiger partial charge in [-0.15, -0.1) is 11.8 Å². The first kappa shape index (κ1) is 26.4. The Morgan fingerprint density at radius 3 is 2.26 bits per heavy atom. The molecular weight excluding hydrogens is 511 g/mol. The maximum absolute atomic E-state index is 13.5. The molecule has 2 amide bonds. The smallest absolute Gasteiger partial charge is 0.242 e. The van der Waals surface area contributed by atoms with Crippen LogP contribution in [0.1, 0.15) is 16.7 Å². The highest BCUT2D eigenvalue weighted by Gasteiger charge is 2.29. The topological polar surface area (TPSA) is 49.4 Å². The monoisotopic (exact) mass is 534 g/mol. The van der Waals surface area contributed by atoms with Crippen LogP contribution in [0.4, 0.5) is 0 Å². The maximum Gasteiger partial charge on any atom is 0.242 e. The van der Waals surface area contributed by atoms with Crippen molar-refractivity contribution in [3.05, 3.63) is 105 Å². The highest BCUT2D eigenvalue weighted by atomic mass is 35.5. The number of hydrogen-bond donors (Lipinski definition) is 1.